The Morgan fingerprint density at radius 3 is 3.07 bits per heavy atom. The van der Waals surface area contributed by atoms with Crippen molar-refractivity contribution < 1.29 is 9.59 Å². The summed E-state index contributed by atoms with van der Waals surface area (Å²) >= 11 is 0. The summed E-state index contributed by atoms with van der Waals surface area (Å²) < 4.78 is 0. The lowest BCUT2D eigenvalue weighted by Crippen LogP contribution is -2.41. The molecule has 1 aromatic rings. The van der Waals surface area contributed by atoms with Crippen LogP contribution in [0.2, 0.25) is 0 Å². The molecule has 1 aliphatic rings. The van der Waals surface area contributed by atoms with Crippen LogP contribution in [0.5, 0.6) is 0 Å². The molecule has 0 aliphatic carbocycles. The van der Waals surface area contributed by atoms with E-state index in [1.165, 1.54) is 0 Å². The van der Waals surface area contributed by atoms with Gasteiger partial charge in [0.05, 0.1) is 6.54 Å². The third-order valence-corrected chi connectivity index (χ3v) is 2.12. The molecule has 0 radical (unpaired) electrons. The van der Waals surface area contributed by atoms with Crippen LogP contribution in [0.1, 0.15) is 18.7 Å². The fourth-order valence-corrected chi connectivity index (χ4v) is 1.36. The number of nitrogens with one attached hydrogen (secondary N) is 3. The van der Waals surface area contributed by atoms with Gasteiger partial charge in [0.25, 0.3) is 0 Å². The number of aromatic amines is 1. The van der Waals surface area contributed by atoms with Crippen LogP contribution in [-0.2, 0) is 16.1 Å². The first-order chi connectivity index (χ1) is 7.25. The van der Waals surface area contributed by atoms with E-state index in [2.05, 4.69) is 31.3 Å². The standard InChI is InChI=1S/C7H10N6O2/c14-6-2-1-4(9-6)7(15)8-3-5-10-12-13-11-5/h4H,1-3H2,(H,8,15)(H,9,14)(H,10,11,12,13)/t4-/m0/s1. The van der Waals surface area contributed by atoms with Crippen LogP contribution < -0.4 is 10.6 Å². The fourth-order valence-electron chi connectivity index (χ4n) is 1.36. The predicted octanol–water partition coefficient (Wildman–Crippen LogP) is -1.91. The molecule has 2 rings (SSSR count). The van der Waals surface area contributed by atoms with Gasteiger partial charge in [0.2, 0.25) is 11.8 Å². The smallest absolute Gasteiger partial charge is 0.242 e. The molecule has 0 spiro atoms. The molecule has 2 heterocycles. The van der Waals surface area contributed by atoms with Gasteiger partial charge >= 0.3 is 0 Å². The molecular weight excluding hydrogens is 200 g/mol. The van der Waals surface area contributed by atoms with E-state index in [1.54, 1.807) is 0 Å². The van der Waals surface area contributed by atoms with E-state index >= 15 is 0 Å². The Morgan fingerprint density at radius 2 is 2.47 bits per heavy atom. The highest BCUT2D eigenvalue weighted by Crippen LogP contribution is 2.06. The number of amides is 2. The van der Waals surface area contributed by atoms with Gasteiger partial charge in [0.1, 0.15) is 6.04 Å². The molecule has 0 aromatic carbocycles. The van der Waals surface area contributed by atoms with Crippen molar-refractivity contribution in [1.29, 1.82) is 0 Å². The second-order valence-electron chi connectivity index (χ2n) is 3.20. The number of carbonyl (C=O) groups is 2. The molecule has 8 heteroatoms. The normalized spacial score (nSPS) is 20.0. The van der Waals surface area contributed by atoms with E-state index in [4.69, 9.17) is 0 Å². The van der Waals surface area contributed by atoms with Gasteiger partial charge in [0.15, 0.2) is 5.82 Å². The zero-order valence-corrected chi connectivity index (χ0v) is 7.86. The predicted molar refractivity (Wildman–Crippen MR) is 47.2 cm³/mol. The molecule has 2 amide bonds. The largest absolute Gasteiger partial charge is 0.347 e. The van der Waals surface area contributed by atoms with Crippen LogP contribution in [0.25, 0.3) is 0 Å². The van der Waals surface area contributed by atoms with Gasteiger partial charge in [-0.2, -0.15) is 5.21 Å². The second kappa shape index (κ2) is 4.03. The number of H-pyrrole nitrogens is 1. The molecule has 1 atom stereocenters. The molecule has 0 bridgehead atoms. The number of nitrogens with zero attached hydrogens (tertiary/aromatic N) is 3. The monoisotopic (exact) mass is 210 g/mol. The topological polar surface area (TPSA) is 113 Å². The lowest BCUT2D eigenvalue weighted by Gasteiger charge is -2.08. The van der Waals surface area contributed by atoms with Gasteiger partial charge in [-0.15, -0.1) is 10.2 Å². The summed E-state index contributed by atoms with van der Waals surface area (Å²) in [5.74, 6) is 0.105. The van der Waals surface area contributed by atoms with Gasteiger partial charge in [-0.25, -0.2) is 0 Å². The van der Waals surface area contributed by atoms with Crippen LogP contribution in [0.4, 0.5) is 0 Å². The second-order valence-corrected chi connectivity index (χ2v) is 3.20. The number of carbonyl (C=O) groups excluding carboxylic acids is 2. The van der Waals surface area contributed by atoms with Crippen molar-refractivity contribution in [1.82, 2.24) is 31.3 Å². The first kappa shape index (κ1) is 9.56. The van der Waals surface area contributed by atoms with Crippen LogP contribution in [-0.4, -0.2) is 38.5 Å². The maximum atomic E-state index is 11.5. The fraction of sp³-hybridized carbons (Fsp3) is 0.571. The minimum atomic E-state index is -0.426. The van der Waals surface area contributed by atoms with E-state index in [0.717, 1.165) is 0 Å². The first-order valence-electron chi connectivity index (χ1n) is 4.55. The molecule has 1 saturated heterocycles. The van der Waals surface area contributed by atoms with Crippen molar-refractivity contribution in [3.8, 4) is 0 Å². The Morgan fingerprint density at radius 1 is 1.60 bits per heavy atom. The summed E-state index contributed by atoms with van der Waals surface area (Å²) in [5, 5.41) is 18.2. The van der Waals surface area contributed by atoms with E-state index < -0.39 is 6.04 Å². The van der Waals surface area contributed by atoms with Crippen LogP contribution in [0.3, 0.4) is 0 Å². The first-order valence-corrected chi connectivity index (χ1v) is 4.55. The Bertz CT molecular complexity index is 362. The lowest BCUT2D eigenvalue weighted by molar-refractivity contribution is -0.125. The summed E-state index contributed by atoms with van der Waals surface area (Å²) in [6.45, 7) is 0.210. The molecule has 0 unspecified atom stereocenters. The number of rotatable bonds is 3. The third kappa shape index (κ3) is 2.27. The average molecular weight is 210 g/mol. The molecule has 80 valence electrons. The van der Waals surface area contributed by atoms with Crippen molar-refractivity contribution >= 4 is 11.8 Å². The summed E-state index contributed by atoms with van der Waals surface area (Å²) in [4.78, 5) is 22.3. The Hall–Kier alpha value is -1.99. The van der Waals surface area contributed by atoms with Crippen LogP contribution in [0, 0.1) is 0 Å². The average Bonchev–Trinajstić information content (AvgIpc) is 2.84. The summed E-state index contributed by atoms with van der Waals surface area (Å²) in [5.41, 5.74) is 0. The highest BCUT2D eigenvalue weighted by Gasteiger charge is 2.26. The van der Waals surface area contributed by atoms with Crippen LogP contribution >= 0.6 is 0 Å². The highest BCUT2D eigenvalue weighted by molar-refractivity contribution is 5.90. The van der Waals surface area contributed by atoms with Gasteiger partial charge in [0, 0.05) is 6.42 Å². The van der Waals surface area contributed by atoms with Gasteiger partial charge < -0.3 is 10.6 Å². The Balaban J connectivity index is 1.80. The van der Waals surface area contributed by atoms with Crippen molar-refractivity contribution in [3.05, 3.63) is 5.82 Å². The number of hydrogen-bond acceptors (Lipinski definition) is 5. The summed E-state index contributed by atoms with van der Waals surface area (Å²) in [6, 6.07) is -0.426. The van der Waals surface area contributed by atoms with Gasteiger partial charge in [-0.05, 0) is 6.42 Å². The SMILES string of the molecule is O=C1CC[C@@H](C(=O)NCc2nn[nH]n2)N1. The van der Waals surface area contributed by atoms with Crippen molar-refractivity contribution in [2.45, 2.75) is 25.4 Å². The molecule has 1 aromatic heterocycles. The van der Waals surface area contributed by atoms with Gasteiger partial charge in [-0.3, -0.25) is 9.59 Å². The zero-order valence-electron chi connectivity index (χ0n) is 7.86. The molecule has 1 aliphatic heterocycles. The number of hydrogen-bond donors (Lipinski definition) is 3. The summed E-state index contributed by atoms with van der Waals surface area (Å²) in [6.07, 6.45) is 0.942. The Kier molecular flexibility index (Phi) is 2.57. The van der Waals surface area contributed by atoms with E-state index in [9.17, 15) is 9.59 Å². The van der Waals surface area contributed by atoms with E-state index in [0.29, 0.717) is 18.7 Å². The maximum absolute atomic E-state index is 11.5. The minimum Gasteiger partial charge on any atom is -0.347 e. The van der Waals surface area contributed by atoms with Crippen molar-refractivity contribution in [2.75, 3.05) is 0 Å². The quantitative estimate of drug-likeness (QED) is 0.539. The lowest BCUT2D eigenvalue weighted by atomic mass is 10.2. The molecule has 15 heavy (non-hydrogen) atoms. The third-order valence-electron chi connectivity index (χ3n) is 2.12. The Labute approximate surface area is 84.8 Å². The molecule has 3 N–H and O–H groups in total. The van der Waals surface area contributed by atoms with Crippen molar-refractivity contribution in [2.24, 2.45) is 0 Å². The summed E-state index contributed by atoms with van der Waals surface area (Å²) in [7, 11) is 0. The van der Waals surface area contributed by atoms with Crippen molar-refractivity contribution in [3.63, 3.8) is 0 Å². The van der Waals surface area contributed by atoms with E-state index in [-0.39, 0.29) is 18.4 Å². The van der Waals surface area contributed by atoms with E-state index in [1.807, 2.05) is 0 Å². The zero-order chi connectivity index (χ0) is 10.7. The van der Waals surface area contributed by atoms with Crippen LogP contribution in [0.15, 0.2) is 0 Å². The number of aromatic nitrogens is 4. The van der Waals surface area contributed by atoms with Gasteiger partial charge in [-0.1, -0.05) is 5.21 Å². The molecule has 0 saturated carbocycles. The molecule has 8 nitrogen and oxygen atoms in total. The molecule has 1 fully saturated rings. The maximum Gasteiger partial charge on any atom is 0.242 e. The highest BCUT2D eigenvalue weighted by atomic mass is 16.2. The minimum absolute atomic E-state index is 0.0882. The molecular formula is C7H10N6O2. The number of tetrazole rings is 1.